The number of anilines is 1. The van der Waals surface area contributed by atoms with Crippen LogP contribution in [0.15, 0.2) is 24.3 Å². The minimum absolute atomic E-state index is 0.193. The number of ether oxygens (including phenoxy) is 1. The maximum absolute atomic E-state index is 5.64. The number of nitrogens with one attached hydrogen (secondary N) is 2. The van der Waals surface area contributed by atoms with Crippen LogP contribution in [-0.2, 0) is 0 Å². The van der Waals surface area contributed by atoms with E-state index in [1.165, 1.54) is 25.7 Å². The van der Waals surface area contributed by atoms with Gasteiger partial charge in [-0.3, -0.25) is 0 Å². The zero-order valence-electron chi connectivity index (χ0n) is 13.2. The molecule has 1 saturated carbocycles. The molecule has 0 spiro atoms. The van der Waals surface area contributed by atoms with E-state index in [1.807, 2.05) is 38.1 Å². The second kappa shape index (κ2) is 7.12. The van der Waals surface area contributed by atoms with Crippen LogP contribution < -0.4 is 15.4 Å². The molecule has 0 bridgehead atoms. The molecular formula is C17H26N2OS. The van der Waals surface area contributed by atoms with Gasteiger partial charge in [-0.1, -0.05) is 19.8 Å². The van der Waals surface area contributed by atoms with Crippen LogP contribution in [0, 0.1) is 0 Å². The highest BCUT2D eigenvalue weighted by atomic mass is 32.1. The molecule has 0 heterocycles. The normalized spacial score (nSPS) is 16.8. The van der Waals surface area contributed by atoms with Crippen molar-refractivity contribution >= 4 is 23.0 Å². The van der Waals surface area contributed by atoms with Crippen LogP contribution in [0.2, 0.25) is 0 Å². The lowest BCUT2D eigenvalue weighted by Crippen LogP contribution is -2.47. The van der Waals surface area contributed by atoms with E-state index in [1.54, 1.807) is 0 Å². The van der Waals surface area contributed by atoms with Crippen LogP contribution in [0.4, 0.5) is 5.69 Å². The summed E-state index contributed by atoms with van der Waals surface area (Å²) < 4.78 is 5.64. The van der Waals surface area contributed by atoms with E-state index < -0.39 is 0 Å². The van der Waals surface area contributed by atoms with Gasteiger partial charge in [0.15, 0.2) is 5.11 Å². The Morgan fingerprint density at radius 2 is 1.86 bits per heavy atom. The van der Waals surface area contributed by atoms with Crippen molar-refractivity contribution in [2.24, 2.45) is 0 Å². The van der Waals surface area contributed by atoms with Gasteiger partial charge >= 0.3 is 0 Å². The van der Waals surface area contributed by atoms with E-state index in [-0.39, 0.29) is 11.6 Å². The summed E-state index contributed by atoms with van der Waals surface area (Å²) in [5.74, 6) is 0.884. The molecule has 2 rings (SSSR count). The average Bonchev–Trinajstić information content (AvgIpc) is 2.89. The summed E-state index contributed by atoms with van der Waals surface area (Å²) in [4.78, 5) is 0. The maximum atomic E-state index is 5.64. The molecule has 0 aliphatic heterocycles. The van der Waals surface area contributed by atoms with Gasteiger partial charge in [-0.15, -0.1) is 0 Å². The lowest BCUT2D eigenvalue weighted by Gasteiger charge is -2.30. The Balaban J connectivity index is 1.90. The Morgan fingerprint density at radius 3 is 2.38 bits per heavy atom. The third-order valence-electron chi connectivity index (χ3n) is 4.10. The smallest absolute Gasteiger partial charge is 0.171 e. The van der Waals surface area contributed by atoms with Crippen molar-refractivity contribution in [2.45, 2.75) is 64.5 Å². The predicted molar refractivity (Wildman–Crippen MR) is 93.1 cm³/mol. The number of thiocarbonyl (C=S) groups is 1. The molecule has 21 heavy (non-hydrogen) atoms. The first-order chi connectivity index (χ1) is 10.0. The fourth-order valence-electron chi connectivity index (χ4n) is 2.91. The first-order valence-corrected chi connectivity index (χ1v) is 8.30. The molecular weight excluding hydrogens is 280 g/mol. The molecule has 0 radical (unpaired) electrons. The first-order valence-electron chi connectivity index (χ1n) is 7.89. The van der Waals surface area contributed by atoms with E-state index in [4.69, 9.17) is 17.0 Å². The largest absolute Gasteiger partial charge is 0.491 e. The van der Waals surface area contributed by atoms with Crippen LogP contribution in [0.1, 0.15) is 52.9 Å². The number of hydrogen-bond acceptors (Lipinski definition) is 2. The highest BCUT2D eigenvalue weighted by molar-refractivity contribution is 7.80. The van der Waals surface area contributed by atoms with Gasteiger partial charge in [0, 0.05) is 11.2 Å². The third-order valence-corrected chi connectivity index (χ3v) is 4.30. The van der Waals surface area contributed by atoms with E-state index in [9.17, 15) is 0 Å². The summed E-state index contributed by atoms with van der Waals surface area (Å²) in [5, 5.41) is 7.52. The predicted octanol–water partition coefficient (Wildman–Crippen LogP) is 4.48. The third kappa shape index (κ3) is 4.60. The molecule has 4 heteroatoms. The van der Waals surface area contributed by atoms with Gasteiger partial charge in [0.05, 0.1) is 6.10 Å². The van der Waals surface area contributed by atoms with Crippen LogP contribution in [0.3, 0.4) is 0 Å². The van der Waals surface area contributed by atoms with Gasteiger partial charge in [0.2, 0.25) is 0 Å². The van der Waals surface area contributed by atoms with Crippen LogP contribution in [0.25, 0.3) is 0 Å². The monoisotopic (exact) mass is 306 g/mol. The topological polar surface area (TPSA) is 33.3 Å². The van der Waals surface area contributed by atoms with Crippen molar-refractivity contribution < 1.29 is 4.74 Å². The molecule has 1 aromatic carbocycles. The Bertz CT molecular complexity index is 464. The Labute approximate surface area is 133 Å². The van der Waals surface area contributed by atoms with E-state index >= 15 is 0 Å². The molecule has 116 valence electrons. The minimum Gasteiger partial charge on any atom is -0.491 e. The van der Waals surface area contributed by atoms with Gasteiger partial charge in [-0.2, -0.15) is 0 Å². The fourth-order valence-corrected chi connectivity index (χ4v) is 3.25. The molecule has 0 atom stereocenters. The molecule has 2 N–H and O–H groups in total. The Hall–Kier alpha value is -1.29. The first kappa shape index (κ1) is 16.1. The molecule has 1 aromatic rings. The van der Waals surface area contributed by atoms with Gasteiger partial charge in [0.25, 0.3) is 0 Å². The van der Waals surface area contributed by atoms with Crippen molar-refractivity contribution in [3.63, 3.8) is 0 Å². The summed E-state index contributed by atoms with van der Waals surface area (Å²) in [6, 6.07) is 7.93. The number of hydrogen-bond donors (Lipinski definition) is 2. The van der Waals surface area contributed by atoms with Crippen LogP contribution in [-0.4, -0.2) is 16.8 Å². The van der Waals surface area contributed by atoms with Gasteiger partial charge in [-0.25, -0.2) is 0 Å². The standard InChI is InChI=1S/C17H26N2OS/c1-4-17(11-5-6-12-17)19-16(21)18-14-7-9-15(10-8-14)20-13(2)3/h7-10,13H,4-6,11-12H2,1-3H3,(H2,18,19,21). The maximum Gasteiger partial charge on any atom is 0.171 e. The van der Waals surface area contributed by atoms with Crippen molar-refractivity contribution in [2.75, 3.05) is 5.32 Å². The Morgan fingerprint density at radius 1 is 1.24 bits per heavy atom. The highest BCUT2D eigenvalue weighted by Gasteiger charge is 2.32. The molecule has 0 aromatic heterocycles. The summed E-state index contributed by atoms with van der Waals surface area (Å²) in [7, 11) is 0. The molecule has 1 fully saturated rings. The molecule has 3 nitrogen and oxygen atoms in total. The second-order valence-corrected chi connectivity index (χ2v) is 6.52. The molecule has 0 amide bonds. The number of benzene rings is 1. The fraction of sp³-hybridized carbons (Fsp3) is 0.588. The molecule has 1 aliphatic rings. The lowest BCUT2D eigenvalue weighted by atomic mass is 9.95. The van der Waals surface area contributed by atoms with Crippen molar-refractivity contribution in [3.05, 3.63) is 24.3 Å². The van der Waals surface area contributed by atoms with Crippen LogP contribution in [0.5, 0.6) is 5.75 Å². The quantitative estimate of drug-likeness (QED) is 0.786. The summed E-state index contributed by atoms with van der Waals surface area (Å²) in [6.07, 6.45) is 6.34. The molecule has 0 saturated heterocycles. The average molecular weight is 306 g/mol. The zero-order valence-corrected chi connectivity index (χ0v) is 14.1. The minimum atomic E-state index is 0.193. The molecule has 1 aliphatic carbocycles. The van der Waals surface area contributed by atoms with Crippen LogP contribution >= 0.6 is 12.2 Å². The Kier molecular flexibility index (Phi) is 5.45. The van der Waals surface area contributed by atoms with Crippen molar-refractivity contribution in [3.8, 4) is 5.75 Å². The van der Waals surface area contributed by atoms with Gasteiger partial charge < -0.3 is 15.4 Å². The molecule has 0 unspecified atom stereocenters. The zero-order chi connectivity index (χ0) is 15.3. The highest BCUT2D eigenvalue weighted by Crippen LogP contribution is 2.32. The second-order valence-electron chi connectivity index (χ2n) is 6.11. The number of rotatable bonds is 5. The lowest BCUT2D eigenvalue weighted by molar-refractivity contribution is 0.242. The summed E-state index contributed by atoms with van der Waals surface area (Å²) in [5.41, 5.74) is 1.19. The van der Waals surface area contributed by atoms with Gasteiger partial charge in [0.1, 0.15) is 5.75 Å². The summed E-state index contributed by atoms with van der Waals surface area (Å²) in [6.45, 7) is 6.28. The van der Waals surface area contributed by atoms with E-state index in [0.717, 1.165) is 23.0 Å². The van der Waals surface area contributed by atoms with Crippen molar-refractivity contribution in [1.29, 1.82) is 0 Å². The van der Waals surface area contributed by atoms with Crippen molar-refractivity contribution in [1.82, 2.24) is 5.32 Å². The van der Waals surface area contributed by atoms with E-state index in [2.05, 4.69) is 17.6 Å². The summed E-state index contributed by atoms with van der Waals surface area (Å²) >= 11 is 5.46. The SMILES string of the molecule is CCC1(NC(=S)Nc2ccc(OC(C)C)cc2)CCCC1. The van der Waals surface area contributed by atoms with E-state index in [0.29, 0.717) is 0 Å². The van der Waals surface area contributed by atoms with Gasteiger partial charge in [-0.05, 0) is 69.6 Å².